The van der Waals surface area contributed by atoms with Crippen molar-refractivity contribution in [2.45, 2.75) is 12.3 Å². The van der Waals surface area contributed by atoms with E-state index in [-0.39, 0.29) is 28.4 Å². The van der Waals surface area contributed by atoms with Gasteiger partial charge in [-0.25, -0.2) is 17.5 Å². The molecule has 2 saturated heterocycles. The van der Waals surface area contributed by atoms with Crippen molar-refractivity contribution < 1.29 is 17.5 Å². The van der Waals surface area contributed by atoms with Crippen LogP contribution < -0.4 is 15.4 Å². The van der Waals surface area contributed by atoms with Crippen molar-refractivity contribution in [1.82, 2.24) is 14.1 Å². The van der Waals surface area contributed by atoms with Gasteiger partial charge in [-0.05, 0) is 17.7 Å². The van der Waals surface area contributed by atoms with Crippen molar-refractivity contribution in [3.05, 3.63) is 87.0 Å². The number of piperazine rings is 1. The van der Waals surface area contributed by atoms with Crippen LogP contribution >= 0.6 is 11.6 Å². The van der Waals surface area contributed by atoms with Crippen molar-refractivity contribution >= 4 is 33.0 Å². The molecule has 12 heteroatoms. The number of hydrogen-bond acceptors (Lipinski definition) is 7. The van der Waals surface area contributed by atoms with E-state index in [1.807, 2.05) is 28.0 Å². The number of morpholine rings is 1. The maximum atomic E-state index is 14.4. The highest BCUT2D eigenvalue weighted by Gasteiger charge is 2.30. The first-order valence-electron chi connectivity index (χ1n) is 12.5. The summed E-state index contributed by atoms with van der Waals surface area (Å²) in [5.41, 5.74) is 1.67. The van der Waals surface area contributed by atoms with E-state index in [1.165, 1.54) is 21.1 Å². The summed E-state index contributed by atoms with van der Waals surface area (Å²) in [5, 5.41) is 4.58. The van der Waals surface area contributed by atoms with E-state index in [1.54, 1.807) is 24.4 Å². The summed E-state index contributed by atoms with van der Waals surface area (Å²) in [6.07, 6.45) is 1.61. The Labute approximate surface area is 226 Å². The fraction of sp³-hybridized carbons (Fsp3) is 0.385. The number of sulfonamides is 1. The minimum atomic E-state index is -3.48. The first-order chi connectivity index (χ1) is 18.3. The first kappa shape index (κ1) is 26.6. The summed E-state index contributed by atoms with van der Waals surface area (Å²) in [5.74, 6) is -0.556. The summed E-state index contributed by atoms with van der Waals surface area (Å²) in [7, 11) is -3.48. The smallest absolute Gasteiger partial charge is 0.292 e. The number of rotatable bonds is 7. The third-order valence-corrected chi connectivity index (χ3v) is 9.06. The van der Waals surface area contributed by atoms with Crippen molar-refractivity contribution in [1.29, 1.82) is 0 Å². The second-order valence-electron chi connectivity index (χ2n) is 9.27. The monoisotopic (exact) mass is 561 g/mol. The van der Waals surface area contributed by atoms with Gasteiger partial charge in [0.2, 0.25) is 10.0 Å². The number of hydrogen-bond donors (Lipinski definition) is 0. The molecule has 3 aromatic rings. The molecule has 202 valence electrons. The standard InChI is InChI=1S/C26H29ClFN5O4S/c27-22-7-4-8-23(28)21(22)18-33-26(34)25(31-13-15-37-16-14-31)24(17-29-33)30-9-11-32(12-10-30)38(35,36)19-20-5-2-1-3-6-20/h1-8,17H,9-16,18-19H2. The lowest BCUT2D eigenvalue weighted by molar-refractivity contribution is 0.122. The molecule has 9 nitrogen and oxygen atoms in total. The van der Waals surface area contributed by atoms with Gasteiger partial charge in [0.05, 0.1) is 37.4 Å². The minimum Gasteiger partial charge on any atom is -0.378 e. The molecule has 0 N–H and O–H groups in total. The molecule has 0 atom stereocenters. The Balaban J connectivity index is 1.40. The molecule has 2 aliphatic rings. The maximum Gasteiger partial charge on any atom is 0.292 e. The fourth-order valence-electron chi connectivity index (χ4n) is 4.81. The Bertz CT molecular complexity index is 1420. The van der Waals surface area contributed by atoms with Crippen LogP contribution in [0.3, 0.4) is 0 Å². The van der Waals surface area contributed by atoms with Gasteiger partial charge in [-0.3, -0.25) is 4.79 Å². The Hall–Kier alpha value is -2.99. The molecule has 2 fully saturated rings. The van der Waals surface area contributed by atoms with Gasteiger partial charge in [0.15, 0.2) is 0 Å². The van der Waals surface area contributed by atoms with Crippen molar-refractivity contribution in [2.75, 3.05) is 62.3 Å². The summed E-state index contributed by atoms with van der Waals surface area (Å²) < 4.78 is 48.7. The molecule has 2 aliphatic heterocycles. The normalized spacial score (nSPS) is 17.1. The second kappa shape index (κ2) is 11.4. The molecule has 0 bridgehead atoms. The van der Waals surface area contributed by atoms with Crippen molar-refractivity contribution in [3.63, 3.8) is 0 Å². The lowest BCUT2D eigenvalue weighted by atomic mass is 10.2. The van der Waals surface area contributed by atoms with E-state index in [9.17, 15) is 17.6 Å². The molecule has 5 rings (SSSR count). The van der Waals surface area contributed by atoms with Crippen LogP contribution in [0.2, 0.25) is 5.02 Å². The van der Waals surface area contributed by atoms with E-state index >= 15 is 0 Å². The van der Waals surface area contributed by atoms with Crippen LogP contribution in [0.1, 0.15) is 11.1 Å². The van der Waals surface area contributed by atoms with Gasteiger partial charge in [-0.2, -0.15) is 9.40 Å². The molecule has 0 unspecified atom stereocenters. The van der Waals surface area contributed by atoms with Gasteiger partial charge in [-0.1, -0.05) is 48.0 Å². The Kier molecular flexibility index (Phi) is 7.98. The number of halogens is 2. The summed E-state index contributed by atoms with van der Waals surface area (Å²) >= 11 is 6.20. The molecule has 0 radical (unpaired) electrons. The predicted molar refractivity (Wildman–Crippen MR) is 145 cm³/mol. The molecule has 0 aliphatic carbocycles. The van der Waals surface area contributed by atoms with E-state index < -0.39 is 15.8 Å². The zero-order chi connectivity index (χ0) is 26.7. The van der Waals surface area contributed by atoms with E-state index in [0.717, 1.165) is 5.56 Å². The van der Waals surface area contributed by atoms with Crippen LogP contribution in [0.15, 0.2) is 59.5 Å². The summed E-state index contributed by atoms with van der Waals surface area (Å²) in [6, 6.07) is 13.5. The molecule has 0 spiro atoms. The summed E-state index contributed by atoms with van der Waals surface area (Å²) in [6.45, 7) is 3.32. The highest BCUT2D eigenvalue weighted by Crippen LogP contribution is 2.28. The third-order valence-electron chi connectivity index (χ3n) is 6.86. The highest BCUT2D eigenvalue weighted by molar-refractivity contribution is 7.88. The number of benzene rings is 2. The van der Waals surface area contributed by atoms with Crippen LogP contribution in [-0.2, 0) is 27.1 Å². The van der Waals surface area contributed by atoms with Crippen LogP contribution in [0.5, 0.6) is 0 Å². The van der Waals surface area contributed by atoms with Crippen molar-refractivity contribution in [2.24, 2.45) is 0 Å². The second-order valence-corrected chi connectivity index (χ2v) is 11.6. The SMILES string of the molecule is O=c1c(N2CCOCC2)c(N2CCN(S(=O)(=O)Cc3ccccc3)CC2)cnn1Cc1c(F)cccc1Cl. The minimum absolute atomic E-state index is 0.0525. The quantitative estimate of drug-likeness (QED) is 0.438. The largest absolute Gasteiger partial charge is 0.378 e. The fourth-order valence-corrected chi connectivity index (χ4v) is 6.55. The Morgan fingerprint density at radius 3 is 2.32 bits per heavy atom. The molecule has 3 heterocycles. The van der Waals surface area contributed by atoms with Gasteiger partial charge in [0.25, 0.3) is 5.56 Å². The predicted octanol–water partition coefficient (Wildman–Crippen LogP) is 2.57. The molecule has 0 amide bonds. The van der Waals surface area contributed by atoms with E-state index in [4.69, 9.17) is 16.3 Å². The number of anilines is 2. The zero-order valence-electron chi connectivity index (χ0n) is 20.8. The summed E-state index contributed by atoms with van der Waals surface area (Å²) in [4.78, 5) is 17.7. The number of aromatic nitrogens is 2. The lowest BCUT2D eigenvalue weighted by Gasteiger charge is -2.38. The molecular weight excluding hydrogens is 533 g/mol. The van der Waals surface area contributed by atoms with Crippen LogP contribution in [-0.4, -0.2) is 75.0 Å². The van der Waals surface area contributed by atoms with Crippen LogP contribution in [0.4, 0.5) is 15.8 Å². The van der Waals surface area contributed by atoms with Gasteiger partial charge in [0.1, 0.15) is 11.5 Å². The van der Waals surface area contributed by atoms with Gasteiger partial charge >= 0.3 is 0 Å². The number of nitrogens with zero attached hydrogens (tertiary/aromatic N) is 5. The van der Waals surface area contributed by atoms with Gasteiger partial charge in [0, 0.05) is 49.9 Å². The van der Waals surface area contributed by atoms with E-state index in [0.29, 0.717) is 63.9 Å². The molecule has 1 aromatic heterocycles. The molecule has 38 heavy (non-hydrogen) atoms. The maximum absolute atomic E-state index is 14.4. The molecule has 2 aromatic carbocycles. The highest BCUT2D eigenvalue weighted by atomic mass is 35.5. The van der Waals surface area contributed by atoms with E-state index in [2.05, 4.69) is 5.10 Å². The van der Waals surface area contributed by atoms with Gasteiger partial charge < -0.3 is 14.5 Å². The first-order valence-corrected chi connectivity index (χ1v) is 14.4. The van der Waals surface area contributed by atoms with Crippen molar-refractivity contribution in [3.8, 4) is 0 Å². The Morgan fingerprint density at radius 1 is 0.921 bits per heavy atom. The average molecular weight is 562 g/mol. The Morgan fingerprint density at radius 2 is 1.63 bits per heavy atom. The van der Waals surface area contributed by atoms with Crippen LogP contribution in [0.25, 0.3) is 0 Å². The molecular formula is C26H29ClFN5O4S. The topological polar surface area (TPSA) is 88.0 Å². The molecule has 0 saturated carbocycles. The average Bonchev–Trinajstić information content (AvgIpc) is 2.92. The van der Waals surface area contributed by atoms with Crippen LogP contribution in [0, 0.1) is 5.82 Å². The third kappa shape index (κ3) is 5.70. The number of ether oxygens (including phenoxy) is 1. The zero-order valence-corrected chi connectivity index (χ0v) is 22.4. The van der Waals surface area contributed by atoms with Gasteiger partial charge in [-0.15, -0.1) is 0 Å². The lowest BCUT2D eigenvalue weighted by Crippen LogP contribution is -2.50.